The molecule has 2 aliphatic heterocycles. The maximum absolute atomic E-state index is 13.7. The van der Waals surface area contributed by atoms with Crippen LogP contribution >= 0.6 is 0 Å². The predicted molar refractivity (Wildman–Crippen MR) is 286 cm³/mol. The van der Waals surface area contributed by atoms with Crippen molar-refractivity contribution in [3.8, 4) is 22.3 Å². The molecule has 2 saturated carbocycles. The third kappa shape index (κ3) is 10.5. The number of aliphatic imine (C=N–C) groups is 2. The number of fused-ring (bicyclic) bond motifs is 2. The summed E-state index contributed by atoms with van der Waals surface area (Å²) in [5.74, 6) is 2.86. The first-order valence-electron chi connectivity index (χ1n) is 25.4. The second-order valence-electron chi connectivity index (χ2n) is 21.0. The summed E-state index contributed by atoms with van der Waals surface area (Å²) in [7, 11) is 0. The van der Waals surface area contributed by atoms with E-state index >= 15 is 0 Å². The molecule has 2 aromatic heterocycles. The van der Waals surface area contributed by atoms with E-state index < -0.39 is 6.10 Å². The molecule has 9 heteroatoms. The standard InChI is InChI=1S/C31H34N2O2.C31H35N2O2.Zn/c1-18-15-19(2)30(20(3)16-18)35-31(34)28-22(5)33-27(29(28)23-11-7-6-8-12-23)17-26-25-14-10-9-13-24(25)21(4)32-26;1-18-15-19(2)28(20(3)16-18)31(35-34)29-22(5)33-27(30(29)23-11-7-6-8-12-23)17-26-25-14-10-9-13-24(25)21(4)32-26;/h6-14,17-20,30H,15-16H2,1-5H3,(H,32,33,34);6-14,17-20,28,31,34H,15-16H2,1-5H3;/q;-1;+2/p-1/b;26-17-;. The van der Waals surface area contributed by atoms with E-state index in [-0.39, 0.29) is 37.5 Å². The molecule has 8 nitrogen and oxygen atoms in total. The van der Waals surface area contributed by atoms with Gasteiger partial charge in [0.1, 0.15) is 12.2 Å². The Morgan fingerprint density at radius 1 is 0.577 bits per heavy atom. The van der Waals surface area contributed by atoms with Crippen molar-refractivity contribution in [3.63, 3.8) is 0 Å². The molecule has 0 spiro atoms. The summed E-state index contributed by atoms with van der Waals surface area (Å²) in [6.45, 7) is 21.6. The van der Waals surface area contributed by atoms with Crippen LogP contribution in [0.4, 0.5) is 0 Å². The first-order valence-corrected chi connectivity index (χ1v) is 25.4. The molecular weight excluding hydrogens is 930 g/mol. The number of aromatic nitrogens is 2. The molecule has 362 valence electrons. The summed E-state index contributed by atoms with van der Waals surface area (Å²) >= 11 is 0. The average molecular weight is 999 g/mol. The summed E-state index contributed by atoms with van der Waals surface area (Å²) in [5.41, 5.74) is 17.0. The van der Waals surface area contributed by atoms with Gasteiger partial charge in [-0.3, -0.25) is 15.2 Å². The number of hydrogen-bond donors (Lipinski definition) is 1. The Morgan fingerprint density at radius 2 is 0.986 bits per heavy atom. The molecule has 0 bridgehead atoms. The molecule has 4 aromatic carbocycles. The van der Waals surface area contributed by atoms with Crippen molar-refractivity contribution >= 4 is 40.9 Å². The van der Waals surface area contributed by atoms with Gasteiger partial charge in [-0.1, -0.05) is 165 Å². The fourth-order valence-electron chi connectivity index (χ4n) is 12.7. The second-order valence-corrected chi connectivity index (χ2v) is 21.0. The van der Waals surface area contributed by atoms with Gasteiger partial charge in [-0.05, 0) is 121 Å². The Labute approximate surface area is 433 Å². The van der Waals surface area contributed by atoms with Gasteiger partial charge in [-0.2, -0.15) is 5.69 Å². The van der Waals surface area contributed by atoms with Crippen molar-refractivity contribution in [2.24, 2.45) is 51.4 Å². The van der Waals surface area contributed by atoms with E-state index in [0.29, 0.717) is 46.8 Å². The van der Waals surface area contributed by atoms with Crippen LogP contribution in [-0.4, -0.2) is 28.8 Å². The van der Waals surface area contributed by atoms with Crippen LogP contribution in [-0.2, 0) is 29.1 Å². The number of benzene rings is 4. The number of aryl methyl sites for hydroxylation is 2. The molecule has 2 aliphatic carbocycles. The molecule has 2 fully saturated rings. The van der Waals surface area contributed by atoms with Crippen molar-refractivity contribution < 1.29 is 39.2 Å². The Kier molecular flexibility index (Phi) is 16.0. The zero-order valence-corrected chi connectivity index (χ0v) is 46.2. The number of carbonyl (C=O) groups is 1. The van der Waals surface area contributed by atoms with Gasteiger partial charge in [0.15, 0.2) is 0 Å². The van der Waals surface area contributed by atoms with E-state index in [4.69, 9.17) is 29.6 Å². The van der Waals surface area contributed by atoms with Gasteiger partial charge in [-0.15, -0.1) is 17.1 Å². The third-order valence-electron chi connectivity index (χ3n) is 15.5. The summed E-state index contributed by atoms with van der Waals surface area (Å²) in [5, 5.41) is 10.3. The summed E-state index contributed by atoms with van der Waals surface area (Å²) in [4.78, 5) is 38.6. The molecule has 10 rings (SSSR count). The SMILES string of the molecule is CC1=N/C(=C\c2[n-]c(C)c(C(=O)OC3C(C)CC(C)CC3C)c2-c2ccccc2)c2ccccc21.CC1=N/C(=C\c2[n-]c(C)c(C(OO)C3C(C)CC(C)CC3C)c2-c2ccccc2)c2ccccc21.[Zn+2]. The Hall–Kier alpha value is -5.73. The van der Waals surface area contributed by atoms with E-state index in [0.717, 1.165) is 110 Å². The maximum Gasteiger partial charge on any atom is 2.00 e. The van der Waals surface area contributed by atoms with Crippen molar-refractivity contribution in [2.75, 3.05) is 0 Å². The van der Waals surface area contributed by atoms with Gasteiger partial charge in [0.2, 0.25) is 0 Å². The minimum Gasteiger partial charge on any atom is -0.661 e. The summed E-state index contributed by atoms with van der Waals surface area (Å²) < 4.78 is 6.22. The van der Waals surface area contributed by atoms with Crippen molar-refractivity contribution in [3.05, 3.63) is 165 Å². The number of hydrogen-bond acceptors (Lipinski definition) is 6. The minimum atomic E-state index is -0.427. The Morgan fingerprint density at radius 3 is 1.46 bits per heavy atom. The Bertz CT molecular complexity index is 2970. The topological polar surface area (TPSA) is 109 Å². The van der Waals surface area contributed by atoms with Gasteiger partial charge >= 0.3 is 25.4 Å². The van der Waals surface area contributed by atoms with E-state index in [2.05, 4.69) is 103 Å². The molecule has 0 radical (unpaired) electrons. The minimum absolute atomic E-state index is 0. The van der Waals surface area contributed by atoms with Crippen LogP contribution in [0.5, 0.6) is 0 Å². The van der Waals surface area contributed by atoms with Gasteiger partial charge in [0.25, 0.3) is 0 Å². The molecule has 1 N–H and O–H groups in total. The van der Waals surface area contributed by atoms with E-state index in [1.165, 1.54) is 5.56 Å². The second kappa shape index (κ2) is 21.9. The van der Waals surface area contributed by atoms with Gasteiger partial charge in [0.05, 0.1) is 11.4 Å². The number of rotatable bonds is 9. The largest absolute Gasteiger partial charge is 2.00 e. The maximum atomic E-state index is 13.7. The number of carbonyl (C=O) groups excluding carboxylic acids is 1. The molecular formula is C62H68N4O4Zn. The summed E-state index contributed by atoms with van der Waals surface area (Å²) in [6.07, 6.45) is 8.05. The average Bonchev–Trinajstić information content (AvgIpc) is 4.05. The van der Waals surface area contributed by atoms with Crippen LogP contribution in [0.3, 0.4) is 0 Å². The smallest absolute Gasteiger partial charge is 0.661 e. The van der Waals surface area contributed by atoms with Crippen LogP contribution in [0.25, 0.3) is 45.8 Å². The zero-order chi connectivity index (χ0) is 49.4. The van der Waals surface area contributed by atoms with E-state index in [1.54, 1.807) is 0 Å². The van der Waals surface area contributed by atoms with Crippen molar-refractivity contribution in [1.29, 1.82) is 0 Å². The van der Waals surface area contributed by atoms with E-state index in [9.17, 15) is 10.1 Å². The van der Waals surface area contributed by atoms with E-state index in [1.807, 2.05) is 87.5 Å². The summed E-state index contributed by atoms with van der Waals surface area (Å²) in [6, 6.07) is 36.9. The van der Waals surface area contributed by atoms with Crippen LogP contribution in [0, 0.1) is 55.3 Å². The quantitative estimate of drug-likeness (QED) is 0.0669. The molecule has 5 atom stereocenters. The molecule has 0 saturated heterocycles. The third-order valence-corrected chi connectivity index (χ3v) is 15.5. The number of esters is 1. The zero-order valence-electron chi connectivity index (χ0n) is 43.2. The normalized spacial score (nSPS) is 25.1. The predicted octanol–water partition coefficient (Wildman–Crippen LogP) is 15.0. The molecule has 4 heterocycles. The van der Waals surface area contributed by atoms with Crippen LogP contribution in [0.1, 0.15) is 148 Å². The van der Waals surface area contributed by atoms with Gasteiger partial charge < -0.3 is 14.7 Å². The fraction of sp³-hybridized carbons (Fsp3) is 0.371. The molecule has 71 heavy (non-hydrogen) atoms. The molecule has 5 unspecified atom stereocenters. The number of ether oxygens (including phenoxy) is 1. The Balaban J connectivity index is 0.000000188. The van der Waals surface area contributed by atoms with Crippen molar-refractivity contribution in [1.82, 2.24) is 9.97 Å². The first kappa shape index (κ1) is 51.6. The molecule has 4 aliphatic rings. The van der Waals surface area contributed by atoms with Crippen LogP contribution in [0.15, 0.2) is 119 Å². The fourth-order valence-corrected chi connectivity index (χ4v) is 12.7. The van der Waals surface area contributed by atoms with Crippen LogP contribution in [0.2, 0.25) is 0 Å². The molecule has 6 aromatic rings. The van der Waals surface area contributed by atoms with Gasteiger partial charge in [0, 0.05) is 39.2 Å². The molecule has 0 amide bonds. The first-order chi connectivity index (χ1) is 33.7. The number of nitrogens with zero attached hydrogens (tertiary/aromatic N) is 4. The van der Waals surface area contributed by atoms with Crippen molar-refractivity contribution in [2.45, 2.75) is 107 Å². The monoisotopic (exact) mass is 996 g/mol. The van der Waals surface area contributed by atoms with Gasteiger partial charge in [-0.25, -0.2) is 9.68 Å². The van der Waals surface area contributed by atoms with Crippen LogP contribution < -0.4 is 9.97 Å².